The Kier molecular flexibility index (Phi) is 10.1. The average molecular weight is 541 g/mol. The zero-order valence-corrected chi connectivity index (χ0v) is 21.6. The Hall–Kier alpha value is -4.12. The van der Waals surface area contributed by atoms with Gasteiger partial charge in [-0.1, -0.05) is 60.7 Å². The fourth-order valence-corrected chi connectivity index (χ4v) is 4.26. The molecule has 208 valence electrons. The van der Waals surface area contributed by atoms with Gasteiger partial charge in [0.1, 0.15) is 38.6 Å². The van der Waals surface area contributed by atoms with Gasteiger partial charge in [0.15, 0.2) is 0 Å². The van der Waals surface area contributed by atoms with Crippen LogP contribution in [0.1, 0.15) is 24.0 Å². The van der Waals surface area contributed by atoms with Crippen LogP contribution in [-0.2, 0) is 46.5 Å². The van der Waals surface area contributed by atoms with E-state index in [0.717, 1.165) is 11.1 Å². The van der Waals surface area contributed by atoms with E-state index in [4.69, 9.17) is 23.7 Å². The number of esters is 2. The van der Waals surface area contributed by atoms with Crippen LogP contribution in [0.3, 0.4) is 0 Å². The molecule has 0 unspecified atom stereocenters. The summed E-state index contributed by atoms with van der Waals surface area (Å²) in [5.74, 6) is -1.28. The molecular weight excluding hydrogens is 508 g/mol. The van der Waals surface area contributed by atoms with Crippen molar-refractivity contribution >= 4 is 24.1 Å². The molecule has 0 N–H and O–H groups in total. The fraction of sp³-hybridized carbons (Fsp3) is 0.429. The maximum atomic E-state index is 12.2. The molecule has 2 amide bonds. The third-order valence-electron chi connectivity index (χ3n) is 6.25. The fourth-order valence-electron chi connectivity index (χ4n) is 4.26. The van der Waals surface area contributed by atoms with Crippen molar-refractivity contribution in [2.45, 2.75) is 38.3 Å². The lowest BCUT2D eigenvalue weighted by atomic mass is 10.2. The molecule has 2 aromatic rings. The molecule has 0 aromatic heterocycles. The van der Waals surface area contributed by atoms with E-state index in [2.05, 4.69) is 0 Å². The first-order chi connectivity index (χ1) is 19.0. The van der Waals surface area contributed by atoms with Crippen LogP contribution in [0.4, 0.5) is 9.59 Å². The predicted octanol–water partition coefficient (Wildman–Crippen LogP) is 2.91. The Balaban J connectivity index is 1.05. The smallest absolute Gasteiger partial charge is 0.410 e. The molecule has 2 heterocycles. The minimum absolute atomic E-state index is 0.168. The van der Waals surface area contributed by atoms with E-state index in [0.29, 0.717) is 25.9 Å². The highest BCUT2D eigenvalue weighted by atomic mass is 16.6. The summed E-state index contributed by atoms with van der Waals surface area (Å²) in [5, 5.41) is 0. The minimum atomic E-state index is -0.638. The van der Waals surface area contributed by atoms with E-state index in [-0.39, 0.29) is 26.3 Å². The van der Waals surface area contributed by atoms with Crippen LogP contribution in [0, 0.1) is 0 Å². The number of rotatable bonds is 10. The molecule has 0 bridgehead atoms. The van der Waals surface area contributed by atoms with E-state index < -0.39 is 49.5 Å². The molecule has 2 aromatic carbocycles. The molecule has 0 aliphatic carbocycles. The van der Waals surface area contributed by atoms with E-state index >= 15 is 0 Å². The molecule has 4 rings (SSSR count). The monoisotopic (exact) mass is 540 g/mol. The highest BCUT2D eigenvalue weighted by molar-refractivity contribution is 5.74. The first-order valence-corrected chi connectivity index (χ1v) is 12.8. The number of ether oxygens (including phenoxy) is 5. The molecule has 11 nitrogen and oxygen atoms in total. The summed E-state index contributed by atoms with van der Waals surface area (Å²) in [6, 6.07) is 18.7. The van der Waals surface area contributed by atoms with Gasteiger partial charge in [-0.2, -0.15) is 0 Å². The van der Waals surface area contributed by atoms with Gasteiger partial charge in [-0.3, -0.25) is 0 Å². The zero-order valence-electron chi connectivity index (χ0n) is 21.6. The van der Waals surface area contributed by atoms with Crippen molar-refractivity contribution in [1.29, 1.82) is 0 Å². The van der Waals surface area contributed by atoms with Gasteiger partial charge in [0, 0.05) is 25.9 Å². The molecule has 11 heteroatoms. The van der Waals surface area contributed by atoms with Crippen molar-refractivity contribution in [3.63, 3.8) is 0 Å². The third kappa shape index (κ3) is 8.99. The second kappa shape index (κ2) is 14.1. The van der Waals surface area contributed by atoms with Gasteiger partial charge >= 0.3 is 24.1 Å². The second-order valence-corrected chi connectivity index (χ2v) is 9.27. The normalized spacial score (nSPS) is 18.5. The Morgan fingerprint density at radius 3 is 1.46 bits per heavy atom. The quantitative estimate of drug-likeness (QED) is 0.331. The summed E-state index contributed by atoms with van der Waals surface area (Å²) in [6.07, 6.45) is -0.898. The predicted molar refractivity (Wildman–Crippen MR) is 136 cm³/mol. The maximum Gasteiger partial charge on any atom is 0.410 e. The van der Waals surface area contributed by atoms with Gasteiger partial charge in [-0.25, -0.2) is 19.2 Å². The molecule has 0 radical (unpaired) electrons. The van der Waals surface area contributed by atoms with Gasteiger partial charge in [0.25, 0.3) is 0 Å². The number of nitrogens with zero attached hydrogens (tertiary/aromatic N) is 2. The Morgan fingerprint density at radius 2 is 1.05 bits per heavy atom. The lowest BCUT2D eigenvalue weighted by Gasteiger charge is -2.17. The van der Waals surface area contributed by atoms with Gasteiger partial charge in [-0.15, -0.1) is 0 Å². The van der Waals surface area contributed by atoms with Crippen LogP contribution in [-0.4, -0.2) is 85.5 Å². The highest BCUT2D eigenvalue weighted by Crippen LogP contribution is 2.16. The first-order valence-electron chi connectivity index (χ1n) is 12.8. The lowest BCUT2D eigenvalue weighted by molar-refractivity contribution is -0.160. The number of carbonyl (C=O) groups is 4. The van der Waals surface area contributed by atoms with E-state index in [1.807, 2.05) is 60.7 Å². The SMILES string of the molecule is O=C(COCC(=O)O[C@@H]1CCN(C(=O)OCc2ccccc2)C1)O[C@@H]1CCN(C(=O)OCc2ccccc2)C1. The summed E-state index contributed by atoms with van der Waals surface area (Å²) in [6.45, 7) is 0.775. The molecule has 2 atom stereocenters. The summed E-state index contributed by atoms with van der Waals surface area (Å²) in [5.41, 5.74) is 1.77. The Bertz CT molecular complexity index is 1030. The number of likely N-dealkylation sites (tertiary alicyclic amines) is 2. The molecule has 39 heavy (non-hydrogen) atoms. The Morgan fingerprint density at radius 1 is 0.641 bits per heavy atom. The molecule has 2 saturated heterocycles. The molecule has 2 aliphatic rings. The van der Waals surface area contributed by atoms with E-state index in [1.165, 1.54) is 9.80 Å². The number of amides is 2. The van der Waals surface area contributed by atoms with Gasteiger partial charge in [-0.05, 0) is 11.1 Å². The minimum Gasteiger partial charge on any atom is -0.459 e. The molecule has 0 spiro atoms. The first kappa shape index (κ1) is 27.9. The molecule has 2 aliphatic heterocycles. The van der Waals surface area contributed by atoms with Gasteiger partial charge in [0.2, 0.25) is 0 Å². The van der Waals surface area contributed by atoms with Crippen molar-refractivity contribution < 1.29 is 42.9 Å². The molecular formula is C28H32N2O9. The van der Waals surface area contributed by atoms with Crippen LogP contribution in [0.25, 0.3) is 0 Å². The number of carbonyl (C=O) groups excluding carboxylic acids is 4. The number of hydrogen-bond donors (Lipinski definition) is 0. The Labute approximate surface area is 226 Å². The summed E-state index contributed by atoms with van der Waals surface area (Å²) < 4.78 is 26.4. The number of benzene rings is 2. The van der Waals surface area contributed by atoms with Crippen molar-refractivity contribution in [3.05, 3.63) is 71.8 Å². The van der Waals surface area contributed by atoms with Crippen LogP contribution < -0.4 is 0 Å². The standard InChI is InChI=1S/C28H32N2O9/c31-25(38-23-11-13-29(15-23)27(33)36-17-21-7-3-1-4-8-21)19-35-20-26(32)39-24-12-14-30(16-24)28(34)37-18-22-9-5-2-6-10-22/h1-10,23-24H,11-20H2/t23-,24-/m1/s1. The summed E-state index contributed by atoms with van der Waals surface area (Å²) in [7, 11) is 0. The topological polar surface area (TPSA) is 121 Å². The van der Waals surface area contributed by atoms with Crippen LogP contribution in [0.2, 0.25) is 0 Å². The van der Waals surface area contributed by atoms with Crippen molar-refractivity contribution in [1.82, 2.24) is 9.80 Å². The zero-order chi connectivity index (χ0) is 27.5. The largest absolute Gasteiger partial charge is 0.459 e. The van der Waals surface area contributed by atoms with Gasteiger partial charge < -0.3 is 33.5 Å². The molecule has 2 fully saturated rings. The highest BCUT2D eigenvalue weighted by Gasteiger charge is 2.31. The van der Waals surface area contributed by atoms with Crippen LogP contribution in [0.15, 0.2) is 60.7 Å². The maximum absolute atomic E-state index is 12.2. The average Bonchev–Trinajstić information content (AvgIpc) is 3.61. The van der Waals surface area contributed by atoms with Crippen LogP contribution in [0.5, 0.6) is 0 Å². The van der Waals surface area contributed by atoms with Crippen molar-refractivity contribution in [2.24, 2.45) is 0 Å². The summed E-state index contributed by atoms with van der Waals surface area (Å²) >= 11 is 0. The third-order valence-corrected chi connectivity index (χ3v) is 6.25. The van der Waals surface area contributed by atoms with E-state index in [9.17, 15) is 19.2 Å². The number of hydrogen-bond acceptors (Lipinski definition) is 9. The van der Waals surface area contributed by atoms with E-state index in [1.54, 1.807) is 0 Å². The van der Waals surface area contributed by atoms with Crippen molar-refractivity contribution in [3.8, 4) is 0 Å². The van der Waals surface area contributed by atoms with Gasteiger partial charge in [0.05, 0.1) is 13.1 Å². The second-order valence-electron chi connectivity index (χ2n) is 9.27. The summed E-state index contributed by atoms with van der Waals surface area (Å²) in [4.78, 5) is 51.7. The van der Waals surface area contributed by atoms with Crippen LogP contribution >= 0.6 is 0 Å². The van der Waals surface area contributed by atoms with Crippen molar-refractivity contribution in [2.75, 3.05) is 39.4 Å². The lowest BCUT2D eigenvalue weighted by Crippen LogP contribution is -2.32. The molecule has 0 saturated carbocycles.